The van der Waals surface area contributed by atoms with Gasteiger partial charge in [-0.2, -0.15) is 0 Å². The number of hydrogen-bond donors (Lipinski definition) is 0. The zero-order chi connectivity index (χ0) is 17.9. The highest BCUT2D eigenvalue weighted by Crippen LogP contribution is 2.21. The highest BCUT2D eigenvalue weighted by molar-refractivity contribution is 7.92. The molecule has 1 aliphatic heterocycles. The van der Waals surface area contributed by atoms with E-state index in [1.807, 2.05) is 13.8 Å². The second-order valence-corrected chi connectivity index (χ2v) is 8.89. The maximum Gasteiger partial charge on any atom is 0.269 e. The summed E-state index contributed by atoms with van der Waals surface area (Å²) >= 11 is 0. The lowest BCUT2D eigenvalue weighted by molar-refractivity contribution is -0.384. The average Bonchev–Trinajstić information content (AvgIpc) is 2.42. The number of nitro groups is 1. The van der Waals surface area contributed by atoms with E-state index in [0.29, 0.717) is 6.42 Å². The highest BCUT2D eigenvalue weighted by Gasteiger charge is 2.39. The summed E-state index contributed by atoms with van der Waals surface area (Å²) in [6, 6.07) is 6.10. The molecule has 24 heavy (non-hydrogen) atoms. The third-order valence-electron chi connectivity index (χ3n) is 4.05. The van der Waals surface area contributed by atoms with Crippen molar-refractivity contribution in [3.8, 4) is 0 Å². The standard InChI is InChI=1S/C16H22N2O5S/c1-12(2)11-24(22,23)15-9-17(10-15)16(19)8-5-13-3-6-14(7-4-13)18(20)21/h3-4,6-7,12,15H,5,8-11H2,1-2H3. The maximum absolute atomic E-state index is 12.1. The van der Waals surface area contributed by atoms with Gasteiger partial charge in [-0.1, -0.05) is 26.0 Å². The molecule has 0 bridgehead atoms. The molecule has 2 rings (SSSR count). The summed E-state index contributed by atoms with van der Waals surface area (Å²) in [7, 11) is -3.13. The smallest absolute Gasteiger partial charge is 0.269 e. The number of nitrogens with zero attached hydrogens (tertiary/aromatic N) is 2. The minimum Gasteiger partial charge on any atom is -0.340 e. The van der Waals surface area contributed by atoms with Crippen LogP contribution in [0.1, 0.15) is 25.8 Å². The number of rotatable bonds is 7. The van der Waals surface area contributed by atoms with Gasteiger partial charge in [0.2, 0.25) is 5.91 Å². The maximum atomic E-state index is 12.1. The van der Waals surface area contributed by atoms with E-state index in [2.05, 4.69) is 0 Å². The Morgan fingerprint density at radius 2 is 1.88 bits per heavy atom. The summed E-state index contributed by atoms with van der Waals surface area (Å²) in [6.07, 6.45) is 0.755. The molecule has 1 heterocycles. The fourth-order valence-electron chi connectivity index (χ4n) is 2.66. The third-order valence-corrected chi connectivity index (χ3v) is 6.49. The summed E-state index contributed by atoms with van der Waals surface area (Å²) in [5.74, 6) is 0.161. The fourth-order valence-corrected chi connectivity index (χ4v) is 4.68. The predicted octanol–water partition coefficient (Wildman–Crippen LogP) is 1.81. The van der Waals surface area contributed by atoms with Crippen LogP contribution >= 0.6 is 0 Å². The highest BCUT2D eigenvalue weighted by atomic mass is 32.2. The van der Waals surface area contributed by atoms with Crippen LogP contribution < -0.4 is 0 Å². The summed E-state index contributed by atoms with van der Waals surface area (Å²) < 4.78 is 24.1. The number of sulfone groups is 1. The summed E-state index contributed by atoms with van der Waals surface area (Å²) in [4.78, 5) is 23.8. The van der Waals surface area contributed by atoms with E-state index in [4.69, 9.17) is 0 Å². The van der Waals surface area contributed by atoms with Gasteiger partial charge in [0.1, 0.15) is 0 Å². The van der Waals surface area contributed by atoms with Crippen LogP contribution in [-0.2, 0) is 21.1 Å². The zero-order valence-electron chi connectivity index (χ0n) is 13.8. The summed E-state index contributed by atoms with van der Waals surface area (Å²) in [5, 5.41) is 10.1. The topological polar surface area (TPSA) is 97.6 Å². The molecule has 8 heteroatoms. The van der Waals surface area contributed by atoms with Crippen molar-refractivity contribution in [2.24, 2.45) is 5.92 Å². The van der Waals surface area contributed by atoms with Crippen molar-refractivity contribution in [2.45, 2.75) is 31.9 Å². The van der Waals surface area contributed by atoms with E-state index >= 15 is 0 Å². The molecule has 1 saturated heterocycles. The minimum atomic E-state index is -3.13. The Hall–Kier alpha value is -1.96. The molecule has 7 nitrogen and oxygen atoms in total. The van der Waals surface area contributed by atoms with Crippen molar-refractivity contribution in [1.29, 1.82) is 0 Å². The SMILES string of the molecule is CC(C)CS(=O)(=O)C1CN(C(=O)CCc2ccc([N+](=O)[O-])cc2)C1. The van der Waals surface area contributed by atoms with E-state index < -0.39 is 20.0 Å². The monoisotopic (exact) mass is 354 g/mol. The Kier molecular flexibility index (Phi) is 5.58. The quantitative estimate of drug-likeness (QED) is 0.549. The van der Waals surface area contributed by atoms with Crippen LogP contribution in [0.5, 0.6) is 0 Å². The number of amides is 1. The van der Waals surface area contributed by atoms with Gasteiger partial charge < -0.3 is 4.90 Å². The van der Waals surface area contributed by atoms with Gasteiger partial charge in [-0.15, -0.1) is 0 Å². The Bertz CT molecular complexity index is 706. The molecule has 0 aliphatic carbocycles. The normalized spacial score (nSPS) is 15.4. The molecule has 1 amide bonds. The number of carbonyl (C=O) groups is 1. The molecule has 1 fully saturated rings. The molecule has 1 aliphatic rings. The van der Waals surface area contributed by atoms with Crippen molar-refractivity contribution in [1.82, 2.24) is 4.90 Å². The fraction of sp³-hybridized carbons (Fsp3) is 0.562. The van der Waals surface area contributed by atoms with Crippen LogP contribution in [0.25, 0.3) is 0 Å². The third kappa shape index (κ3) is 4.53. The molecule has 0 spiro atoms. The molecule has 0 radical (unpaired) electrons. The van der Waals surface area contributed by atoms with Gasteiger partial charge in [-0.05, 0) is 17.9 Å². The Balaban J connectivity index is 1.80. The van der Waals surface area contributed by atoms with Gasteiger partial charge >= 0.3 is 0 Å². The van der Waals surface area contributed by atoms with E-state index in [1.54, 1.807) is 17.0 Å². The number of aryl methyl sites for hydroxylation is 1. The van der Waals surface area contributed by atoms with E-state index in [9.17, 15) is 23.3 Å². The first kappa shape index (κ1) is 18.4. The summed E-state index contributed by atoms with van der Waals surface area (Å²) in [6.45, 7) is 4.27. The van der Waals surface area contributed by atoms with Crippen LogP contribution in [0.15, 0.2) is 24.3 Å². The van der Waals surface area contributed by atoms with Crippen molar-refractivity contribution in [3.63, 3.8) is 0 Å². The Morgan fingerprint density at radius 3 is 2.38 bits per heavy atom. The lowest BCUT2D eigenvalue weighted by Crippen LogP contribution is -2.57. The van der Waals surface area contributed by atoms with Gasteiger partial charge in [0.15, 0.2) is 9.84 Å². The Morgan fingerprint density at radius 1 is 1.29 bits per heavy atom. The number of non-ortho nitro benzene ring substituents is 1. The minimum absolute atomic E-state index is 0.0195. The largest absolute Gasteiger partial charge is 0.340 e. The predicted molar refractivity (Wildman–Crippen MR) is 90.4 cm³/mol. The van der Waals surface area contributed by atoms with Gasteiger partial charge in [0.05, 0.1) is 15.9 Å². The summed E-state index contributed by atoms with van der Waals surface area (Å²) in [5.41, 5.74) is 0.865. The molecule has 132 valence electrons. The number of benzene rings is 1. The second-order valence-electron chi connectivity index (χ2n) is 6.57. The molecule has 0 unspecified atom stereocenters. The Labute approximate surface area is 141 Å². The molecule has 0 aromatic heterocycles. The molecular formula is C16H22N2O5S. The van der Waals surface area contributed by atoms with Crippen molar-refractivity contribution >= 4 is 21.4 Å². The second kappa shape index (κ2) is 7.29. The molecule has 0 atom stereocenters. The number of carbonyl (C=O) groups excluding carboxylic acids is 1. The van der Waals surface area contributed by atoms with Gasteiger partial charge in [-0.25, -0.2) is 8.42 Å². The molecule has 0 N–H and O–H groups in total. The van der Waals surface area contributed by atoms with Gasteiger partial charge in [-0.3, -0.25) is 14.9 Å². The molecule has 0 saturated carbocycles. The number of hydrogen-bond acceptors (Lipinski definition) is 5. The zero-order valence-corrected chi connectivity index (χ0v) is 14.7. The molecule has 1 aromatic rings. The van der Waals surface area contributed by atoms with E-state index in [-0.39, 0.29) is 42.8 Å². The number of nitro benzene ring substituents is 1. The first-order chi connectivity index (χ1) is 11.2. The van der Waals surface area contributed by atoms with Crippen LogP contribution in [0.3, 0.4) is 0 Å². The lowest BCUT2D eigenvalue weighted by Gasteiger charge is -2.39. The molecular weight excluding hydrogens is 332 g/mol. The van der Waals surface area contributed by atoms with Crippen molar-refractivity contribution < 1.29 is 18.1 Å². The first-order valence-electron chi connectivity index (χ1n) is 7.91. The van der Waals surface area contributed by atoms with Crippen molar-refractivity contribution in [3.05, 3.63) is 39.9 Å². The van der Waals surface area contributed by atoms with Crippen LogP contribution in [0, 0.1) is 16.0 Å². The lowest BCUT2D eigenvalue weighted by atomic mass is 10.1. The van der Waals surface area contributed by atoms with Crippen LogP contribution in [0.4, 0.5) is 5.69 Å². The molecule has 1 aromatic carbocycles. The van der Waals surface area contributed by atoms with Gasteiger partial charge in [0.25, 0.3) is 5.69 Å². The first-order valence-corrected chi connectivity index (χ1v) is 9.63. The van der Waals surface area contributed by atoms with Crippen LogP contribution in [-0.4, -0.2) is 48.2 Å². The number of likely N-dealkylation sites (tertiary alicyclic amines) is 1. The average molecular weight is 354 g/mol. The van der Waals surface area contributed by atoms with Crippen molar-refractivity contribution in [2.75, 3.05) is 18.8 Å². The van der Waals surface area contributed by atoms with Crippen LogP contribution in [0.2, 0.25) is 0 Å². The van der Waals surface area contributed by atoms with E-state index in [0.717, 1.165) is 5.56 Å². The van der Waals surface area contributed by atoms with E-state index in [1.165, 1.54) is 12.1 Å². The van der Waals surface area contributed by atoms with Gasteiger partial charge in [0, 0.05) is 31.6 Å².